The maximum absolute atomic E-state index is 5.27. The molecule has 1 N–H and O–H groups in total. The Morgan fingerprint density at radius 3 is 2.88 bits per heavy atom. The normalized spacial score (nSPS) is 20.8. The summed E-state index contributed by atoms with van der Waals surface area (Å²) in [6, 6.07) is 7.17. The Kier molecular flexibility index (Phi) is 3.83. The van der Waals surface area contributed by atoms with Crippen molar-refractivity contribution in [3.05, 3.63) is 29.3 Å². The lowest BCUT2D eigenvalue weighted by atomic mass is 9.97. The van der Waals surface area contributed by atoms with Gasteiger partial charge < -0.3 is 10.1 Å². The maximum atomic E-state index is 5.27. The molecule has 1 saturated heterocycles. The van der Waals surface area contributed by atoms with Crippen LogP contribution in [-0.2, 0) is 6.42 Å². The number of hydrogen-bond donors (Lipinski definition) is 1. The van der Waals surface area contributed by atoms with Gasteiger partial charge in [-0.3, -0.25) is 0 Å². The molecule has 1 aliphatic rings. The number of piperidine rings is 1. The van der Waals surface area contributed by atoms with Crippen molar-refractivity contribution in [3.8, 4) is 5.75 Å². The first-order valence-electron chi connectivity index (χ1n) is 6.16. The SMILES string of the molecule is COc1ccc(CC2CCCCN2)cc1C. The number of benzene rings is 1. The Hall–Kier alpha value is -1.02. The fourth-order valence-corrected chi connectivity index (χ4v) is 2.45. The predicted octanol–water partition coefficient (Wildman–Crippen LogP) is 2.69. The largest absolute Gasteiger partial charge is 0.496 e. The molecule has 1 fully saturated rings. The van der Waals surface area contributed by atoms with E-state index in [-0.39, 0.29) is 0 Å². The molecule has 0 saturated carbocycles. The lowest BCUT2D eigenvalue weighted by Gasteiger charge is -2.23. The van der Waals surface area contributed by atoms with Crippen LogP contribution in [0.25, 0.3) is 0 Å². The molecule has 2 heteroatoms. The summed E-state index contributed by atoms with van der Waals surface area (Å²) in [5.41, 5.74) is 2.65. The third-order valence-corrected chi connectivity index (χ3v) is 3.35. The van der Waals surface area contributed by atoms with Crippen LogP contribution in [0, 0.1) is 6.92 Å². The van der Waals surface area contributed by atoms with E-state index in [4.69, 9.17) is 4.74 Å². The Morgan fingerprint density at radius 2 is 2.25 bits per heavy atom. The fourth-order valence-electron chi connectivity index (χ4n) is 2.45. The van der Waals surface area contributed by atoms with E-state index >= 15 is 0 Å². The average molecular weight is 219 g/mol. The minimum Gasteiger partial charge on any atom is -0.496 e. The highest BCUT2D eigenvalue weighted by Gasteiger charge is 2.13. The van der Waals surface area contributed by atoms with Crippen molar-refractivity contribution in [1.29, 1.82) is 0 Å². The van der Waals surface area contributed by atoms with Crippen LogP contribution in [0.4, 0.5) is 0 Å². The molecule has 2 rings (SSSR count). The van der Waals surface area contributed by atoms with E-state index in [0.29, 0.717) is 6.04 Å². The molecule has 88 valence electrons. The maximum Gasteiger partial charge on any atom is 0.121 e. The minimum absolute atomic E-state index is 0.668. The van der Waals surface area contributed by atoms with Crippen molar-refractivity contribution in [2.75, 3.05) is 13.7 Å². The van der Waals surface area contributed by atoms with E-state index in [9.17, 15) is 0 Å². The van der Waals surface area contributed by atoms with Gasteiger partial charge in [-0.05, 0) is 49.9 Å². The molecule has 2 nitrogen and oxygen atoms in total. The van der Waals surface area contributed by atoms with Crippen LogP contribution < -0.4 is 10.1 Å². The van der Waals surface area contributed by atoms with Crippen LogP contribution in [0.3, 0.4) is 0 Å². The van der Waals surface area contributed by atoms with Crippen LogP contribution in [0.1, 0.15) is 30.4 Å². The summed E-state index contributed by atoms with van der Waals surface area (Å²) in [5.74, 6) is 0.986. The Morgan fingerprint density at radius 1 is 1.38 bits per heavy atom. The zero-order valence-electron chi connectivity index (χ0n) is 10.3. The molecular formula is C14H21NO. The molecule has 1 heterocycles. The third kappa shape index (κ3) is 2.76. The second-order valence-corrected chi connectivity index (χ2v) is 4.65. The van der Waals surface area contributed by atoms with Crippen molar-refractivity contribution < 1.29 is 4.74 Å². The highest BCUT2D eigenvalue weighted by molar-refractivity contribution is 5.36. The average Bonchev–Trinajstić information content (AvgIpc) is 2.31. The molecule has 1 atom stereocenters. The first-order chi connectivity index (χ1) is 7.79. The van der Waals surface area contributed by atoms with E-state index in [1.165, 1.54) is 36.9 Å². The van der Waals surface area contributed by atoms with Crippen molar-refractivity contribution in [2.24, 2.45) is 0 Å². The summed E-state index contributed by atoms with van der Waals surface area (Å²) in [5, 5.41) is 3.58. The number of methoxy groups -OCH3 is 1. The van der Waals surface area contributed by atoms with Crippen molar-refractivity contribution in [1.82, 2.24) is 5.32 Å². The molecule has 0 spiro atoms. The van der Waals surface area contributed by atoms with E-state index in [1.807, 2.05) is 0 Å². The fraction of sp³-hybridized carbons (Fsp3) is 0.571. The van der Waals surface area contributed by atoms with Gasteiger partial charge in [0.2, 0.25) is 0 Å². The minimum atomic E-state index is 0.668. The van der Waals surface area contributed by atoms with Gasteiger partial charge in [-0.15, -0.1) is 0 Å². The van der Waals surface area contributed by atoms with Gasteiger partial charge in [0, 0.05) is 6.04 Å². The van der Waals surface area contributed by atoms with Crippen LogP contribution in [-0.4, -0.2) is 19.7 Å². The smallest absolute Gasteiger partial charge is 0.121 e. The monoisotopic (exact) mass is 219 g/mol. The predicted molar refractivity (Wildman–Crippen MR) is 67.1 cm³/mol. The highest BCUT2D eigenvalue weighted by Crippen LogP contribution is 2.20. The summed E-state index contributed by atoms with van der Waals surface area (Å²) in [4.78, 5) is 0. The van der Waals surface area contributed by atoms with Crippen molar-refractivity contribution >= 4 is 0 Å². The van der Waals surface area contributed by atoms with Crippen LogP contribution in [0.5, 0.6) is 5.75 Å². The summed E-state index contributed by atoms with van der Waals surface area (Å²) in [6.07, 6.45) is 5.15. The van der Waals surface area contributed by atoms with Gasteiger partial charge in [-0.25, -0.2) is 0 Å². The second-order valence-electron chi connectivity index (χ2n) is 4.65. The number of nitrogens with one attached hydrogen (secondary N) is 1. The lowest BCUT2D eigenvalue weighted by molar-refractivity contribution is 0.398. The van der Waals surface area contributed by atoms with Crippen LogP contribution in [0.15, 0.2) is 18.2 Å². The van der Waals surface area contributed by atoms with Crippen molar-refractivity contribution in [2.45, 2.75) is 38.6 Å². The summed E-state index contributed by atoms with van der Waals surface area (Å²) in [6.45, 7) is 3.29. The van der Waals surface area contributed by atoms with Gasteiger partial charge >= 0.3 is 0 Å². The topological polar surface area (TPSA) is 21.3 Å². The summed E-state index contributed by atoms with van der Waals surface area (Å²) >= 11 is 0. The highest BCUT2D eigenvalue weighted by atomic mass is 16.5. The zero-order chi connectivity index (χ0) is 11.4. The van der Waals surface area contributed by atoms with Gasteiger partial charge in [0.1, 0.15) is 5.75 Å². The van der Waals surface area contributed by atoms with Crippen molar-refractivity contribution in [3.63, 3.8) is 0 Å². The number of rotatable bonds is 3. The molecule has 0 aliphatic carbocycles. The van der Waals surface area contributed by atoms with Gasteiger partial charge in [-0.1, -0.05) is 18.6 Å². The Bertz CT molecular complexity index is 343. The Balaban J connectivity index is 2.01. The standard InChI is InChI=1S/C14H21NO/c1-11-9-12(6-7-14(11)16-2)10-13-5-3-4-8-15-13/h6-7,9,13,15H,3-5,8,10H2,1-2H3. The molecule has 1 aromatic carbocycles. The molecule has 0 amide bonds. The molecule has 1 aliphatic heterocycles. The molecule has 0 bridgehead atoms. The van der Waals surface area contributed by atoms with Gasteiger partial charge in [0.15, 0.2) is 0 Å². The van der Waals surface area contributed by atoms with E-state index in [0.717, 1.165) is 12.2 Å². The Labute approximate surface area is 98.0 Å². The number of hydrogen-bond acceptors (Lipinski definition) is 2. The zero-order valence-corrected chi connectivity index (χ0v) is 10.3. The molecule has 1 aromatic rings. The van der Waals surface area contributed by atoms with Gasteiger partial charge in [-0.2, -0.15) is 0 Å². The van der Waals surface area contributed by atoms with Gasteiger partial charge in [0.05, 0.1) is 7.11 Å². The first kappa shape index (κ1) is 11.5. The quantitative estimate of drug-likeness (QED) is 0.844. The van der Waals surface area contributed by atoms with E-state index < -0.39 is 0 Å². The molecule has 16 heavy (non-hydrogen) atoms. The second kappa shape index (κ2) is 5.35. The molecule has 0 radical (unpaired) electrons. The van der Waals surface area contributed by atoms with E-state index in [1.54, 1.807) is 7.11 Å². The van der Waals surface area contributed by atoms with Crippen LogP contribution in [0.2, 0.25) is 0 Å². The van der Waals surface area contributed by atoms with Crippen LogP contribution >= 0.6 is 0 Å². The number of ether oxygens (including phenoxy) is 1. The molecular weight excluding hydrogens is 198 g/mol. The first-order valence-corrected chi connectivity index (χ1v) is 6.16. The van der Waals surface area contributed by atoms with E-state index in [2.05, 4.69) is 30.4 Å². The number of aryl methyl sites for hydroxylation is 1. The summed E-state index contributed by atoms with van der Waals surface area (Å²) in [7, 11) is 1.73. The summed E-state index contributed by atoms with van der Waals surface area (Å²) < 4.78 is 5.27. The molecule has 1 unspecified atom stereocenters. The molecule has 0 aromatic heterocycles. The third-order valence-electron chi connectivity index (χ3n) is 3.35. The van der Waals surface area contributed by atoms with Gasteiger partial charge in [0.25, 0.3) is 0 Å². The lowest BCUT2D eigenvalue weighted by Crippen LogP contribution is -2.35.